The van der Waals surface area contributed by atoms with Crippen LogP contribution in [-0.4, -0.2) is 24.8 Å². The average molecular weight is 130 g/mol. The van der Waals surface area contributed by atoms with Crippen LogP contribution in [-0.2, 0) is 4.65 Å². The van der Waals surface area contributed by atoms with Gasteiger partial charge in [-0.25, -0.2) is 0 Å². The minimum atomic E-state index is -0.574. The van der Waals surface area contributed by atoms with Crippen molar-refractivity contribution in [3.8, 4) is 0 Å². The number of aliphatic hydroxyl groups is 1. The van der Waals surface area contributed by atoms with E-state index in [1.54, 1.807) is 13.8 Å². The van der Waals surface area contributed by atoms with Gasteiger partial charge < -0.3 is 9.76 Å². The third-order valence-electron chi connectivity index (χ3n) is 1.06. The van der Waals surface area contributed by atoms with Gasteiger partial charge in [0, 0.05) is 6.61 Å². The lowest BCUT2D eigenvalue weighted by Crippen LogP contribution is -2.21. The Morgan fingerprint density at radius 1 is 1.56 bits per heavy atom. The maximum atomic E-state index is 9.16. The molecule has 0 aliphatic heterocycles. The fraction of sp³-hybridized carbons (Fsp3) is 1.00. The molecule has 0 aliphatic rings. The van der Waals surface area contributed by atoms with Gasteiger partial charge in [-0.3, -0.25) is 0 Å². The molecule has 0 rings (SSSR count). The summed E-state index contributed by atoms with van der Waals surface area (Å²) in [4.78, 5) is 0. The van der Waals surface area contributed by atoms with Gasteiger partial charge in [-0.05, 0) is 20.3 Å². The van der Waals surface area contributed by atoms with Gasteiger partial charge in [0.25, 0.3) is 7.48 Å². The molecule has 0 aromatic carbocycles. The van der Waals surface area contributed by atoms with E-state index in [4.69, 9.17) is 9.76 Å². The summed E-state index contributed by atoms with van der Waals surface area (Å²) in [6.07, 6.45) is 0.709. The van der Waals surface area contributed by atoms with Crippen LogP contribution in [0.4, 0.5) is 0 Å². The maximum absolute atomic E-state index is 9.16. The van der Waals surface area contributed by atoms with Crippen molar-refractivity contribution in [3.05, 3.63) is 0 Å². The van der Waals surface area contributed by atoms with E-state index >= 15 is 0 Å². The predicted octanol–water partition coefficient (Wildman–Crippen LogP) is 0.564. The Bertz CT molecular complexity index is 67.9. The molecule has 3 heteroatoms. The fourth-order valence-electron chi connectivity index (χ4n) is 0.466. The van der Waals surface area contributed by atoms with Gasteiger partial charge in [0.15, 0.2) is 0 Å². The summed E-state index contributed by atoms with van der Waals surface area (Å²) in [5, 5.41) is 9.16. The monoisotopic (exact) mass is 130 g/mol. The molecule has 0 aliphatic carbocycles. The van der Waals surface area contributed by atoms with Crippen molar-refractivity contribution >= 4 is 7.48 Å². The number of hydrogen-bond acceptors (Lipinski definition) is 2. The van der Waals surface area contributed by atoms with Crippen molar-refractivity contribution in [1.29, 1.82) is 0 Å². The average Bonchev–Trinajstić information content (AvgIpc) is 1.63. The standard InChI is InChI=1S/C6H15BO2/c1-6(2,8)4-5-9-7-3/h7-8H,4-5H2,1-3H3. The van der Waals surface area contributed by atoms with Gasteiger partial charge in [-0.2, -0.15) is 0 Å². The molecule has 0 bridgehead atoms. The molecule has 0 heterocycles. The Morgan fingerprint density at radius 2 is 2.11 bits per heavy atom. The van der Waals surface area contributed by atoms with E-state index in [2.05, 4.69) is 0 Å². The quantitative estimate of drug-likeness (QED) is 0.445. The molecule has 2 nitrogen and oxygen atoms in total. The first-order valence-electron chi connectivity index (χ1n) is 3.36. The lowest BCUT2D eigenvalue weighted by molar-refractivity contribution is 0.0560. The van der Waals surface area contributed by atoms with Gasteiger partial charge in [-0.15, -0.1) is 0 Å². The first-order chi connectivity index (χ1) is 4.06. The van der Waals surface area contributed by atoms with Gasteiger partial charge in [0.2, 0.25) is 0 Å². The molecular weight excluding hydrogens is 115 g/mol. The van der Waals surface area contributed by atoms with E-state index in [1.807, 2.05) is 6.82 Å². The second kappa shape index (κ2) is 3.91. The third kappa shape index (κ3) is 7.98. The van der Waals surface area contributed by atoms with Crippen LogP contribution in [0.25, 0.3) is 0 Å². The highest BCUT2D eigenvalue weighted by atomic mass is 16.4. The van der Waals surface area contributed by atoms with Crippen LogP contribution in [0.2, 0.25) is 6.82 Å². The van der Waals surface area contributed by atoms with Crippen LogP contribution in [0.1, 0.15) is 20.3 Å². The van der Waals surface area contributed by atoms with Crippen molar-refractivity contribution in [2.45, 2.75) is 32.7 Å². The molecule has 0 aromatic rings. The topological polar surface area (TPSA) is 29.5 Å². The summed E-state index contributed by atoms with van der Waals surface area (Å²) in [6.45, 7) is 6.17. The minimum Gasteiger partial charge on any atom is -0.440 e. The minimum absolute atomic E-state index is 0.574. The fourth-order valence-corrected chi connectivity index (χ4v) is 0.466. The van der Waals surface area contributed by atoms with Crippen LogP contribution >= 0.6 is 0 Å². The molecule has 0 fully saturated rings. The molecule has 0 amide bonds. The molecule has 9 heavy (non-hydrogen) atoms. The second-order valence-electron chi connectivity index (χ2n) is 2.76. The Hall–Kier alpha value is -0.0151. The molecular formula is C6H15BO2. The van der Waals surface area contributed by atoms with Crippen LogP contribution < -0.4 is 0 Å². The van der Waals surface area contributed by atoms with E-state index in [-0.39, 0.29) is 0 Å². The summed E-state index contributed by atoms with van der Waals surface area (Å²) in [7, 11) is 0.732. The van der Waals surface area contributed by atoms with Crippen molar-refractivity contribution in [2.75, 3.05) is 6.61 Å². The Kier molecular flexibility index (Phi) is 3.90. The third-order valence-corrected chi connectivity index (χ3v) is 1.06. The van der Waals surface area contributed by atoms with Crippen LogP contribution in [0, 0.1) is 0 Å². The SMILES string of the molecule is CBOCCC(C)(C)O. The van der Waals surface area contributed by atoms with E-state index < -0.39 is 5.60 Å². The van der Waals surface area contributed by atoms with Gasteiger partial charge in [-0.1, -0.05) is 6.82 Å². The number of rotatable bonds is 4. The van der Waals surface area contributed by atoms with E-state index in [1.165, 1.54) is 0 Å². The zero-order chi connectivity index (χ0) is 7.33. The molecule has 0 spiro atoms. The molecule has 0 aromatic heterocycles. The van der Waals surface area contributed by atoms with Crippen LogP contribution in [0.5, 0.6) is 0 Å². The molecule has 0 atom stereocenters. The smallest absolute Gasteiger partial charge is 0.271 e. The zero-order valence-electron chi connectivity index (χ0n) is 6.48. The first kappa shape index (κ1) is 8.98. The van der Waals surface area contributed by atoms with Gasteiger partial charge in [0.05, 0.1) is 5.60 Å². The Morgan fingerprint density at radius 3 is 2.44 bits per heavy atom. The molecule has 0 saturated carbocycles. The highest BCUT2D eigenvalue weighted by Crippen LogP contribution is 2.05. The van der Waals surface area contributed by atoms with Gasteiger partial charge >= 0.3 is 0 Å². The summed E-state index contributed by atoms with van der Waals surface area (Å²) in [6, 6.07) is 0. The zero-order valence-corrected chi connectivity index (χ0v) is 6.48. The van der Waals surface area contributed by atoms with Crippen molar-refractivity contribution in [3.63, 3.8) is 0 Å². The summed E-state index contributed by atoms with van der Waals surface area (Å²) < 4.78 is 5.05. The largest absolute Gasteiger partial charge is 0.440 e. The lowest BCUT2D eigenvalue weighted by Gasteiger charge is -2.15. The van der Waals surface area contributed by atoms with Crippen molar-refractivity contribution in [2.24, 2.45) is 0 Å². The summed E-state index contributed by atoms with van der Waals surface area (Å²) >= 11 is 0. The predicted molar refractivity (Wildman–Crippen MR) is 39.9 cm³/mol. The first-order valence-corrected chi connectivity index (χ1v) is 3.36. The van der Waals surface area contributed by atoms with E-state index in [0.29, 0.717) is 13.0 Å². The second-order valence-corrected chi connectivity index (χ2v) is 2.76. The Balaban J connectivity index is 3.07. The summed E-state index contributed by atoms with van der Waals surface area (Å²) in [5.74, 6) is 0. The summed E-state index contributed by atoms with van der Waals surface area (Å²) in [5.41, 5.74) is -0.574. The lowest BCUT2D eigenvalue weighted by atomic mass is 10.0. The highest BCUT2D eigenvalue weighted by Gasteiger charge is 2.10. The van der Waals surface area contributed by atoms with E-state index in [0.717, 1.165) is 7.48 Å². The number of hydrogen-bond donors (Lipinski definition) is 1. The van der Waals surface area contributed by atoms with Crippen molar-refractivity contribution < 1.29 is 9.76 Å². The molecule has 0 radical (unpaired) electrons. The molecule has 1 N–H and O–H groups in total. The maximum Gasteiger partial charge on any atom is 0.271 e. The molecule has 0 unspecified atom stereocenters. The van der Waals surface area contributed by atoms with Crippen LogP contribution in [0.15, 0.2) is 0 Å². The van der Waals surface area contributed by atoms with E-state index in [9.17, 15) is 0 Å². The normalized spacial score (nSPS) is 11.6. The molecule has 0 saturated heterocycles. The van der Waals surface area contributed by atoms with Gasteiger partial charge in [0.1, 0.15) is 0 Å². The highest BCUT2D eigenvalue weighted by molar-refractivity contribution is 6.24. The molecule has 54 valence electrons. The van der Waals surface area contributed by atoms with Crippen molar-refractivity contribution in [1.82, 2.24) is 0 Å². The van der Waals surface area contributed by atoms with Crippen LogP contribution in [0.3, 0.4) is 0 Å². The Labute approximate surface area is 57.5 Å².